The number of rotatable bonds is 4. The van der Waals surface area contributed by atoms with Crippen molar-refractivity contribution in [3.63, 3.8) is 0 Å². The highest BCUT2D eigenvalue weighted by Gasteiger charge is 2.41. The molecule has 5 heteroatoms. The molecule has 0 atom stereocenters. The average Bonchev–Trinajstić information content (AvgIpc) is 2.34. The van der Waals surface area contributed by atoms with E-state index in [0.717, 1.165) is 19.3 Å². The second-order valence-electron chi connectivity index (χ2n) is 4.31. The highest BCUT2D eigenvalue weighted by Crippen LogP contribution is 2.50. The molecule has 1 saturated carbocycles. The molecule has 0 aromatic heterocycles. The van der Waals surface area contributed by atoms with Gasteiger partial charge in [0.1, 0.15) is 11.3 Å². The van der Waals surface area contributed by atoms with E-state index in [9.17, 15) is 9.90 Å². The van der Waals surface area contributed by atoms with E-state index in [1.165, 1.54) is 20.3 Å². The smallest absolute Gasteiger partial charge is 0.235 e. The Morgan fingerprint density at radius 1 is 1.28 bits per heavy atom. The van der Waals surface area contributed by atoms with Crippen LogP contribution in [-0.4, -0.2) is 25.4 Å². The van der Waals surface area contributed by atoms with Crippen LogP contribution in [0.15, 0.2) is 17.1 Å². The van der Waals surface area contributed by atoms with Gasteiger partial charge in [-0.2, -0.15) is 4.99 Å². The van der Waals surface area contributed by atoms with Gasteiger partial charge >= 0.3 is 0 Å². The van der Waals surface area contributed by atoms with E-state index in [-0.39, 0.29) is 5.75 Å². The van der Waals surface area contributed by atoms with Crippen LogP contribution in [0.1, 0.15) is 24.8 Å². The number of hydrogen-bond donors (Lipinski definition) is 1. The quantitative estimate of drug-likeness (QED) is 0.655. The van der Waals surface area contributed by atoms with Gasteiger partial charge in [0.2, 0.25) is 6.08 Å². The number of ether oxygens (including phenoxy) is 2. The molecule has 96 valence electrons. The van der Waals surface area contributed by atoms with Crippen LogP contribution in [0.25, 0.3) is 0 Å². The van der Waals surface area contributed by atoms with Crippen LogP contribution in [0.2, 0.25) is 0 Å². The number of isocyanates is 1. The van der Waals surface area contributed by atoms with Gasteiger partial charge in [-0.05, 0) is 25.3 Å². The number of carbonyl (C=O) groups excluding carboxylic acids is 1. The fraction of sp³-hybridized carbons (Fsp3) is 0.462. The van der Waals surface area contributed by atoms with E-state index in [1.807, 2.05) is 0 Å². The van der Waals surface area contributed by atoms with Crippen molar-refractivity contribution in [1.29, 1.82) is 0 Å². The van der Waals surface area contributed by atoms with Crippen LogP contribution in [0.4, 0.5) is 0 Å². The molecule has 0 unspecified atom stereocenters. The minimum atomic E-state index is -0.647. The lowest BCUT2D eigenvalue weighted by Gasteiger charge is -2.37. The fourth-order valence-electron chi connectivity index (χ4n) is 2.28. The fourth-order valence-corrected chi connectivity index (χ4v) is 2.28. The third kappa shape index (κ3) is 1.83. The lowest BCUT2D eigenvalue weighted by molar-refractivity contribution is 0.245. The van der Waals surface area contributed by atoms with E-state index in [1.54, 1.807) is 12.1 Å². The summed E-state index contributed by atoms with van der Waals surface area (Å²) in [5.41, 5.74) is -0.0551. The monoisotopic (exact) mass is 249 g/mol. The van der Waals surface area contributed by atoms with Crippen LogP contribution in [0.5, 0.6) is 17.2 Å². The molecule has 2 rings (SSSR count). The molecule has 1 aromatic rings. The zero-order chi connectivity index (χ0) is 13.2. The Bertz CT molecular complexity index is 502. The number of nitrogens with zero attached hydrogens (tertiary/aromatic N) is 1. The Kier molecular flexibility index (Phi) is 3.26. The molecule has 0 aliphatic heterocycles. The molecule has 1 fully saturated rings. The Hall–Kier alpha value is -2.00. The summed E-state index contributed by atoms with van der Waals surface area (Å²) in [6.45, 7) is 0. The maximum absolute atomic E-state index is 10.5. The second-order valence-corrected chi connectivity index (χ2v) is 4.31. The first-order chi connectivity index (χ1) is 8.66. The lowest BCUT2D eigenvalue weighted by Crippen LogP contribution is -2.32. The van der Waals surface area contributed by atoms with Crippen molar-refractivity contribution >= 4 is 6.08 Å². The first-order valence-electron chi connectivity index (χ1n) is 5.71. The number of methoxy groups -OCH3 is 2. The van der Waals surface area contributed by atoms with Gasteiger partial charge in [-0.1, -0.05) is 0 Å². The van der Waals surface area contributed by atoms with Crippen molar-refractivity contribution in [1.82, 2.24) is 0 Å². The van der Waals surface area contributed by atoms with Gasteiger partial charge in [0.15, 0.2) is 11.5 Å². The van der Waals surface area contributed by atoms with Crippen LogP contribution in [0, 0.1) is 0 Å². The average molecular weight is 249 g/mol. The predicted molar refractivity (Wildman–Crippen MR) is 64.9 cm³/mol. The van der Waals surface area contributed by atoms with Crippen molar-refractivity contribution in [3.05, 3.63) is 17.7 Å². The van der Waals surface area contributed by atoms with Crippen LogP contribution >= 0.6 is 0 Å². The van der Waals surface area contributed by atoms with Gasteiger partial charge in [0, 0.05) is 11.6 Å². The normalized spacial score (nSPS) is 16.3. The molecule has 1 aliphatic carbocycles. The second kappa shape index (κ2) is 4.70. The SMILES string of the molecule is COc1cc(O)c(C2(N=C=O)CCC2)cc1OC. The summed E-state index contributed by atoms with van der Waals surface area (Å²) in [5, 5.41) is 10.0. The number of hydrogen-bond acceptors (Lipinski definition) is 5. The van der Waals surface area contributed by atoms with Crippen LogP contribution in [-0.2, 0) is 10.3 Å². The van der Waals surface area contributed by atoms with Gasteiger partial charge in [-0.15, -0.1) is 0 Å². The summed E-state index contributed by atoms with van der Waals surface area (Å²) in [5.74, 6) is 1.02. The van der Waals surface area contributed by atoms with Gasteiger partial charge in [0.25, 0.3) is 0 Å². The molecular weight excluding hydrogens is 234 g/mol. The zero-order valence-electron chi connectivity index (χ0n) is 10.4. The van der Waals surface area contributed by atoms with Gasteiger partial charge in [0.05, 0.1) is 14.2 Å². The molecule has 1 aromatic carbocycles. The molecule has 1 N–H and O–H groups in total. The maximum atomic E-state index is 10.5. The summed E-state index contributed by atoms with van der Waals surface area (Å²) in [6.07, 6.45) is 4.02. The molecule has 0 saturated heterocycles. The van der Waals surface area contributed by atoms with E-state index in [0.29, 0.717) is 17.1 Å². The van der Waals surface area contributed by atoms with E-state index in [2.05, 4.69) is 4.99 Å². The number of phenols is 1. The molecule has 0 heterocycles. The van der Waals surface area contributed by atoms with Crippen molar-refractivity contribution in [2.45, 2.75) is 24.8 Å². The number of aliphatic imine (C=N–C) groups is 1. The molecule has 18 heavy (non-hydrogen) atoms. The third-order valence-electron chi connectivity index (χ3n) is 3.44. The maximum Gasteiger partial charge on any atom is 0.235 e. The molecule has 0 radical (unpaired) electrons. The summed E-state index contributed by atoms with van der Waals surface area (Å²) >= 11 is 0. The highest BCUT2D eigenvalue weighted by atomic mass is 16.5. The van der Waals surface area contributed by atoms with Gasteiger partial charge < -0.3 is 14.6 Å². The Labute approximate surface area is 105 Å². The van der Waals surface area contributed by atoms with Crippen molar-refractivity contribution in [2.75, 3.05) is 14.2 Å². The standard InChI is InChI=1S/C13H15NO4/c1-17-11-6-9(10(16)7-12(11)18-2)13(14-8-15)4-3-5-13/h6-7,16H,3-5H2,1-2H3. The van der Waals surface area contributed by atoms with Crippen molar-refractivity contribution in [3.8, 4) is 17.2 Å². The van der Waals surface area contributed by atoms with E-state index < -0.39 is 5.54 Å². The summed E-state index contributed by atoms with van der Waals surface area (Å²) < 4.78 is 10.3. The zero-order valence-corrected chi connectivity index (χ0v) is 10.4. The Balaban J connectivity index is 2.53. The first kappa shape index (κ1) is 12.5. The highest BCUT2D eigenvalue weighted by molar-refractivity contribution is 5.54. The molecule has 5 nitrogen and oxygen atoms in total. The van der Waals surface area contributed by atoms with Crippen molar-refractivity contribution < 1.29 is 19.4 Å². The first-order valence-corrected chi connectivity index (χ1v) is 5.71. The Morgan fingerprint density at radius 3 is 2.33 bits per heavy atom. The predicted octanol–water partition coefficient (Wildman–Crippen LogP) is 2.12. The molecule has 1 aliphatic rings. The molecule has 0 amide bonds. The topological polar surface area (TPSA) is 68.1 Å². The minimum Gasteiger partial charge on any atom is -0.507 e. The number of phenolic OH excluding ortho intramolecular Hbond substituents is 1. The summed E-state index contributed by atoms with van der Waals surface area (Å²) in [7, 11) is 3.02. The van der Waals surface area contributed by atoms with Crippen LogP contribution in [0.3, 0.4) is 0 Å². The molecule has 0 spiro atoms. The largest absolute Gasteiger partial charge is 0.507 e. The summed E-state index contributed by atoms with van der Waals surface area (Å²) in [6, 6.07) is 3.16. The number of aromatic hydroxyl groups is 1. The van der Waals surface area contributed by atoms with Gasteiger partial charge in [-0.3, -0.25) is 0 Å². The van der Waals surface area contributed by atoms with E-state index >= 15 is 0 Å². The minimum absolute atomic E-state index is 0.0614. The number of benzene rings is 1. The Morgan fingerprint density at radius 2 is 1.89 bits per heavy atom. The van der Waals surface area contributed by atoms with Gasteiger partial charge in [-0.25, -0.2) is 4.79 Å². The van der Waals surface area contributed by atoms with Crippen molar-refractivity contribution in [2.24, 2.45) is 4.99 Å². The lowest BCUT2D eigenvalue weighted by atomic mass is 9.72. The molecule has 0 bridgehead atoms. The summed E-state index contributed by atoms with van der Waals surface area (Å²) in [4.78, 5) is 14.4. The van der Waals surface area contributed by atoms with E-state index in [4.69, 9.17) is 9.47 Å². The van der Waals surface area contributed by atoms with Crippen LogP contribution < -0.4 is 9.47 Å². The molecular formula is C13H15NO4. The third-order valence-corrected chi connectivity index (χ3v) is 3.44.